The van der Waals surface area contributed by atoms with Crippen molar-refractivity contribution in [3.8, 4) is 0 Å². The number of para-hydroxylation sites is 1. The third-order valence-corrected chi connectivity index (χ3v) is 5.24. The minimum Gasteiger partial charge on any atom is -0.395 e. The number of hydrogen-bond donors (Lipinski definition) is 2. The van der Waals surface area contributed by atoms with Crippen LogP contribution in [0.5, 0.6) is 0 Å². The van der Waals surface area contributed by atoms with E-state index in [-0.39, 0.29) is 12.5 Å². The molecule has 0 saturated heterocycles. The van der Waals surface area contributed by atoms with Gasteiger partial charge in [0.25, 0.3) is 5.91 Å². The lowest BCUT2D eigenvalue weighted by molar-refractivity contribution is -0.114. The third-order valence-electron chi connectivity index (χ3n) is 4.23. The number of anilines is 1. The van der Waals surface area contributed by atoms with Gasteiger partial charge in [0.1, 0.15) is 5.71 Å². The molecule has 1 aliphatic heterocycles. The molecule has 0 spiro atoms. The van der Waals surface area contributed by atoms with E-state index in [1.165, 1.54) is 16.3 Å². The van der Waals surface area contributed by atoms with Crippen molar-refractivity contribution in [2.24, 2.45) is 5.10 Å². The summed E-state index contributed by atoms with van der Waals surface area (Å²) in [6.45, 7) is 2.17. The molecule has 2 heterocycles. The zero-order valence-electron chi connectivity index (χ0n) is 14.7. The average molecular weight is 378 g/mol. The lowest BCUT2D eigenvalue weighted by atomic mass is 10.0. The first-order chi connectivity index (χ1) is 13.2. The van der Waals surface area contributed by atoms with E-state index in [1.807, 2.05) is 61.5 Å². The summed E-state index contributed by atoms with van der Waals surface area (Å²) < 4.78 is 1.00. The second kappa shape index (κ2) is 7.30. The van der Waals surface area contributed by atoms with Gasteiger partial charge in [-0.2, -0.15) is 10.1 Å². The number of nitrogens with zero attached hydrogens (tertiary/aromatic N) is 3. The van der Waals surface area contributed by atoms with Crippen LogP contribution >= 0.6 is 11.3 Å². The third kappa shape index (κ3) is 3.22. The van der Waals surface area contributed by atoms with Crippen LogP contribution in [0.1, 0.15) is 12.5 Å². The Morgan fingerprint density at radius 2 is 1.89 bits per heavy atom. The van der Waals surface area contributed by atoms with E-state index in [9.17, 15) is 4.79 Å². The maximum Gasteiger partial charge on any atom is 0.284 e. The molecule has 2 aromatic carbocycles. The largest absolute Gasteiger partial charge is 0.395 e. The molecule has 2 N–H and O–H groups in total. The maximum absolute atomic E-state index is 13.2. The van der Waals surface area contributed by atoms with Crippen molar-refractivity contribution < 1.29 is 9.90 Å². The molecular weight excluding hydrogens is 360 g/mol. The molecule has 0 atom stereocenters. The Labute approximate surface area is 160 Å². The van der Waals surface area contributed by atoms with Crippen LogP contribution in [0.15, 0.2) is 71.0 Å². The van der Waals surface area contributed by atoms with Gasteiger partial charge in [-0.25, -0.2) is 4.98 Å². The number of hydrogen-bond acceptors (Lipinski definition) is 6. The topological polar surface area (TPSA) is 77.8 Å². The fourth-order valence-corrected chi connectivity index (χ4v) is 3.87. The molecule has 0 saturated carbocycles. The fourth-order valence-electron chi connectivity index (χ4n) is 2.95. The van der Waals surface area contributed by atoms with Crippen molar-refractivity contribution in [2.75, 3.05) is 18.2 Å². The molecule has 0 bridgehead atoms. The number of aliphatic hydroxyl groups excluding tert-OH is 1. The number of rotatable bonds is 5. The highest BCUT2D eigenvalue weighted by Gasteiger charge is 2.35. The minimum absolute atomic E-state index is 0.0157. The summed E-state index contributed by atoms with van der Waals surface area (Å²) in [6.07, 6.45) is 0. The zero-order valence-corrected chi connectivity index (χ0v) is 15.5. The Bertz CT molecular complexity index is 1020. The Hall–Kier alpha value is -3.03. The molecule has 4 rings (SSSR count). The highest BCUT2D eigenvalue weighted by atomic mass is 32.1. The second-order valence-electron chi connectivity index (χ2n) is 6.05. The van der Waals surface area contributed by atoms with Crippen LogP contribution in [0.3, 0.4) is 0 Å². The normalized spacial score (nSPS) is 16.0. The predicted molar refractivity (Wildman–Crippen MR) is 108 cm³/mol. The van der Waals surface area contributed by atoms with Crippen molar-refractivity contribution in [3.63, 3.8) is 0 Å². The van der Waals surface area contributed by atoms with Gasteiger partial charge in [-0.3, -0.25) is 4.79 Å². The number of aromatic nitrogens is 1. The maximum atomic E-state index is 13.2. The Morgan fingerprint density at radius 3 is 2.63 bits per heavy atom. The molecule has 7 heteroatoms. The van der Waals surface area contributed by atoms with Crippen molar-refractivity contribution in [3.05, 3.63) is 71.4 Å². The highest BCUT2D eigenvalue weighted by molar-refractivity contribution is 7.22. The first-order valence-electron chi connectivity index (χ1n) is 8.59. The lowest BCUT2D eigenvalue weighted by Gasteiger charge is -2.10. The standard InChI is InChI=1S/C20H18N4O2S/c1-13(21-11-12-25)17-18(14-7-3-2-4-8-14)23-24(19(17)26)20-22-15-9-5-6-10-16(15)27-20/h2-10,21,25H,11-12H2,1H3/b17-13+. The van der Waals surface area contributed by atoms with Crippen LogP contribution in [0.4, 0.5) is 5.13 Å². The smallest absolute Gasteiger partial charge is 0.284 e. The molecule has 0 radical (unpaired) electrons. The molecule has 6 nitrogen and oxygen atoms in total. The van der Waals surface area contributed by atoms with Crippen molar-refractivity contribution >= 4 is 38.3 Å². The molecule has 136 valence electrons. The van der Waals surface area contributed by atoms with E-state index in [4.69, 9.17) is 5.11 Å². The van der Waals surface area contributed by atoms with Gasteiger partial charge in [0.05, 0.1) is 22.4 Å². The number of benzene rings is 2. The quantitative estimate of drug-likeness (QED) is 0.669. The Morgan fingerprint density at radius 1 is 1.15 bits per heavy atom. The summed E-state index contributed by atoms with van der Waals surface area (Å²) in [7, 11) is 0. The summed E-state index contributed by atoms with van der Waals surface area (Å²) in [6, 6.07) is 17.4. The summed E-state index contributed by atoms with van der Waals surface area (Å²) >= 11 is 1.43. The molecule has 1 aliphatic rings. The molecule has 1 amide bonds. The number of carbonyl (C=O) groups is 1. The molecule has 3 aromatic rings. The number of fused-ring (bicyclic) bond motifs is 1. The SMILES string of the molecule is C/C(NCCO)=C1\C(=O)N(c2nc3ccccc3s2)N=C1c1ccccc1. The number of thiazole rings is 1. The van der Waals surface area contributed by atoms with Crippen LogP contribution in [-0.2, 0) is 4.79 Å². The van der Waals surface area contributed by atoms with Crippen molar-refractivity contribution in [2.45, 2.75) is 6.92 Å². The van der Waals surface area contributed by atoms with Crippen LogP contribution in [0, 0.1) is 0 Å². The molecular formula is C20H18N4O2S. The lowest BCUT2D eigenvalue weighted by Crippen LogP contribution is -2.26. The van der Waals surface area contributed by atoms with Gasteiger partial charge in [-0.05, 0) is 19.1 Å². The van der Waals surface area contributed by atoms with Crippen molar-refractivity contribution in [1.82, 2.24) is 10.3 Å². The first kappa shape index (κ1) is 17.4. The van der Waals surface area contributed by atoms with Gasteiger partial charge in [-0.15, -0.1) is 0 Å². The van der Waals surface area contributed by atoms with E-state index in [0.717, 1.165) is 15.8 Å². The van der Waals surface area contributed by atoms with Crippen LogP contribution < -0.4 is 10.3 Å². The monoisotopic (exact) mass is 378 g/mol. The van der Waals surface area contributed by atoms with E-state index < -0.39 is 0 Å². The average Bonchev–Trinajstić information content (AvgIpc) is 3.27. The summed E-state index contributed by atoms with van der Waals surface area (Å²) in [5, 5.41) is 18.7. The van der Waals surface area contributed by atoms with E-state index in [1.54, 1.807) is 0 Å². The van der Waals surface area contributed by atoms with Gasteiger partial charge in [-0.1, -0.05) is 53.8 Å². The minimum atomic E-state index is -0.226. The Balaban J connectivity index is 1.81. The zero-order chi connectivity index (χ0) is 18.8. The Kier molecular flexibility index (Phi) is 4.70. The van der Waals surface area contributed by atoms with E-state index in [0.29, 0.717) is 28.7 Å². The summed E-state index contributed by atoms with van der Waals surface area (Å²) in [4.78, 5) is 17.8. The number of aliphatic hydroxyl groups is 1. The summed E-state index contributed by atoms with van der Waals surface area (Å²) in [5.74, 6) is -0.226. The van der Waals surface area contributed by atoms with Crippen LogP contribution in [0.2, 0.25) is 0 Å². The van der Waals surface area contributed by atoms with Crippen LogP contribution in [-0.4, -0.2) is 34.9 Å². The second-order valence-corrected chi connectivity index (χ2v) is 7.06. The molecule has 27 heavy (non-hydrogen) atoms. The highest BCUT2D eigenvalue weighted by Crippen LogP contribution is 2.33. The number of nitrogens with one attached hydrogen (secondary N) is 1. The molecule has 1 aromatic heterocycles. The van der Waals surface area contributed by atoms with Gasteiger partial charge < -0.3 is 10.4 Å². The number of carbonyl (C=O) groups excluding carboxylic acids is 1. The van der Waals surface area contributed by atoms with E-state index >= 15 is 0 Å². The van der Waals surface area contributed by atoms with E-state index in [2.05, 4.69) is 15.4 Å². The van der Waals surface area contributed by atoms with Gasteiger partial charge >= 0.3 is 0 Å². The number of allylic oxidation sites excluding steroid dienone is 1. The van der Waals surface area contributed by atoms with Crippen LogP contribution in [0.25, 0.3) is 10.2 Å². The fraction of sp³-hybridized carbons (Fsp3) is 0.150. The number of hydrazone groups is 1. The molecule has 0 fully saturated rings. The van der Waals surface area contributed by atoms with Gasteiger partial charge in [0, 0.05) is 17.8 Å². The molecule has 0 unspecified atom stereocenters. The van der Waals surface area contributed by atoms with Gasteiger partial charge in [0.2, 0.25) is 5.13 Å². The molecule has 0 aliphatic carbocycles. The van der Waals surface area contributed by atoms with Crippen molar-refractivity contribution in [1.29, 1.82) is 0 Å². The van der Waals surface area contributed by atoms with Gasteiger partial charge in [0.15, 0.2) is 0 Å². The number of amides is 1. The first-order valence-corrected chi connectivity index (χ1v) is 9.40. The predicted octanol–water partition coefficient (Wildman–Crippen LogP) is 2.90. The summed E-state index contributed by atoms with van der Waals surface area (Å²) in [5.41, 5.74) is 3.47.